The maximum atomic E-state index is 12.3. The molecule has 5 nitrogen and oxygen atoms in total. The molecule has 0 atom stereocenters. The van der Waals surface area contributed by atoms with Crippen molar-refractivity contribution in [3.63, 3.8) is 0 Å². The Labute approximate surface area is 114 Å². The van der Waals surface area contributed by atoms with Crippen LogP contribution in [0.1, 0.15) is 26.7 Å². The topological polar surface area (TPSA) is 55.2 Å². The number of aromatic nitrogens is 2. The van der Waals surface area contributed by atoms with Crippen molar-refractivity contribution in [3.05, 3.63) is 12.4 Å². The molecule has 0 radical (unpaired) electrons. The smallest absolute Gasteiger partial charge is 0.246 e. The molecule has 0 fully saturated rings. The van der Waals surface area contributed by atoms with Gasteiger partial charge in [-0.25, -0.2) is 8.42 Å². The van der Waals surface area contributed by atoms with Gasteiger partial charge in [0.1, 0.15) is 4.90 Å². The fourth-order valence-corrected chi connectivity index (χ4v) is 3.28. The van der Waals surface area contributed by atoms with Gasteiger partial charge in [-0.05, 0) is 12.8 Å². The third kappa shape index (κ3) is 3.70. The molecule has 18 heavy (non-hydrogen) atoms. The minimum absolute atomic E-state index is 0.257. The van der Waals surface area contributed by atoms with Crippen molar-refractivity contribution in [2.45, 2.75) is 38.1 Å². The van der Waals surface area contributed by atoms with Crippen LogP contribution in [-0.2, 0) is 16.6 Å². The molecule has 0 bridgehead atoms. The second-order valence-electron chi connectivity index (χ2n) is 3.98. The molecule has 0 aliphatic rings. The van der Waals surface area contributed by atoms with E-state index < -0.39 is 10.0 Å². The average Bonchev–Trinajstić information content (AvgIpc) is 2.82. The fraction of sp³-hybridized carbons (Fsp3) is 0.727. The summed E-state index contributed by atoms with van der Waals surface area (Å²) in [5, 5.41) is 4.05. The van der Waals surface area contributed by atoms with E-state index >= 15 is 0 Å². The van der Waals surface area contributed by atoms with Gasteiger partial charge in [-0.15, -0.1) is 11.6 Å². The Bertz CT molecular complexity index is 459. The number of rotatable bonds is 8. The van der Waals surface area contributed by atoms with Crippen molar-refractivity contribution in [3.8, 4) is 0 Å². The van der Waals surface area contributed by atoms with Gasteiger partial charge in [-0.2, -0.15) is 9.40 Å². The molecule has 0 N–H and O–H groups in total. The van der Waals surface area contributed by atoms with Gasteiger partial charge in [0.15, 0.2) is 0 Å². The van der Waals surface area contributed by atoms with Crippen LogP contribution in [0.5, 0.6) is 0 Å². The lowest BCUT2D eigenvalue weighted by atomic mass is 10.5. The Morgan fingerprint density at radius 3 is 2.72 bits per heavy atom. The van der Waals surface area contributed by atoms with Crippen molar-refractivity contribution < 1.29 is 8.42 Å². The van der Waals surface area contributed by atoms with Crippen LogP contribution in [0.3, 0.4) is 0 Å². The minimum Gasteiger partial charge on any atom is -0.271 e. The van der Waals surface area contributed by atoms with Gasteiger partial charge in [-0.3, -0.25) is 4.68 Å². The maximum absolute atomic E-state index is 12.3. The quantitative estimate of drug-likeness (QED) is 0.688. The van der Waals surface area contributed by atoms with Crippen LogP contribution < -0.4 is 0 Å². The van der Waals surface area contributed by atoms with E-state index in [2.05, 4.69) is 5.10 Å². The molecule has 0 aliphatic heterocycles. The Hall–Kier alpha value is -0.590. The first-order valence-corrected chi connectivity index (χ1v) is 8.12. The zero-order valence-corrected chi connectivity index (χ0v) is 12.4. The van der Waals surface area contributed by atoms with Gasteiger partial charge in [0, 0.05) is 31.7 Å². The van der Waals surface area contributed by atoms with Crippen molar-refractivity contribution in [2.75, 3.05) is 19.0 Å². The number of alkyl halides is 1. The largest absolute Gasteiger partial charge is 0.271 e. The minimum atomic E-state index is -3.40. The van der Waals surface area contributed by atoms with Crippen LogP contribution in [0.25, 0.3) is 0 Å². The van der Waals surface area contributed by atoms with E-state index in [1.54, 1.807) is 10.9 Å². The molecule has 0 saturated carbocycles. The zero-order valence-electron chi connectivity index (χ0n) is 10.8. The van der Waals surface area contributed by atoms with Gasteiger partial charge >= 0.3 is 0 Å². The van der Waals surface area contributed by atoms with E-state index in [4.69, 9.17) is 11.6 Å². The SMILES string of the molecule is CCCN(CC)S(=O)(=O)c1cnn(CCCCl)c1. The highest BCUT2D eigenvalue weighted by atomic mass is 35.5. The molecule has 0 aromatic carbocycles. The molecule has 0 saturated heterocycles. The van der Waals surface area contributed by atoms with Gasteiger partial charge in [0.25, 0.3) is 0 Å². The summed E-state index contributed by atoms with van der Waals surface area (Å²) in [6.45, 7) is 5.45. The van der Waals surface area contributed by atoms with Crippen LogP contribution in [0.4, 0.5) is 0 Å². The Balaban J connectivity index is 2.87. The molecule has 7 heteroatoms. The van der Waals surface area contributed by atoms with Crippen molar-refractivity contribution >= 4 is 21.6 Å². The molecular weight excluding hydrogens is 274 g/mol. The second-order valence-corrected chi connectivity index (χ2v) is 6.29. The summed E-state index contributed by atoms with van der Waals surface area (Å²) < 4.78 is 27.7. The predicted octanol–water partition coefficient (Wildman–Crippen LogP) is 1.93. The number of hydrogen-bond donors (Lipinski definition) is 0. The van der Waals surface area contributed by atoms with Crippen LogP contribution >= 0.6 is 11.6 Å². The lowest BCUT2D eigenvalue weighted by Crippen LogP contribution is -2.31. The summed E-state index contributed by atoms with van der Waals surface area (Å²) >= 11 is 5.59. The predicted molar refractivity (Wildman–Crippen MR) is 72.3 cm³/mol. The molecule has 0 spiro atoms. The molecule has 0 amide bonds. The number of hydrogen-bond acceptors (Lipinski definition) is 3. The first-order chi connectivity index (χ1) is 8.56. The van der Waals surface area contributed by atoms with E-state index in [1.165, 1.54) is 10.5 Å². The highest BCUT2D eigenvalue weighted by Crippen LogP contribution is 2.15. The summed E-state index contributed by atoms with van der Waals surface area (Å²) in [6, 6.07) is 0. The standard InChI is InChI=1S/C11H20ClN3O2S/c1-3-7-15(4-2)18(16,17)11-9-13-14(10-11)8-5-6-12/h9-10H,3-8H2,1-2H3. The van der Waals surface area contributed by atoms with Crippen LogP contribution in [0.15, 0.2) is 17.3 Å². The molecule has 1 heterocycles. The molecule has 1 aromatic rings. The van der Waals surface area contributed by atoms with Gasteiger partial charge < -0.3 is 0 Å². The Morgan fingerprint density at radius 1 is 1.44 bits per heavy atom. The molecule has 1 rings (SSSR count). The summed E-state index contributed by atoms with van der Waals surface area (Å²) in [5.41, 5.74) is 0. The fourth-order valence-electron chi connectivity index (χ4n) is 1.67. The third-order valence-corrected chi connectivity index (χ3v) is 4.79. The summed E-state index contributed by atoms with van der Waals surface area (Å²) in [6.07, 6.45) is 4.55. The second kappa shape index (κ2) is 7.11. The number of nitrogens with zero attached hydrogens (tertiary/aromatic N) is 3. The van der Waals surface area contributed by atoms with Gasteiger partial charge in [0.05, 0.1) is 6.20 Å². The highest BCUT2D eigenvalue weighted by molar-refractivity contribution is 7.89. The van der Waals surface area contributed by atoms with Crippen molar-refractivity contribution in [1.29, 1.82) is 0 Å². The Morgan fingerprint density at radius 2 is 2.17 bits per heavy atom. The normalized spacial score (nSPS) is 12.2. The van der Waals surface area contributed by atoms with Crippen molar-refractivity contribution in [2.24, 2.45) is 0 Å². The Kier molecular flexibility index (Phi) is 6.11. The van der Waals surface area contributed by atoms with Crippen LogP contribution in [-0.4, -0.2) is 41.5 Å². The van der Waals surface area contributed by atoms with Crippen molar-refractivity contribution in [1.82, 2.24) is 14.1 Å². The number of aryl methyl sites for hydroxylation is 1. The van der Waals surface area contributed by atoms with Crippen LogP contribution in [0.2, 0.25) is 0 Å². The van der Waals surface area contributed by atoms with E-state index in [9.17, 15) is 8.42 Å². The van der Waals surface area contributed by atoms with Gasteiger partial charge in [-0.1, -0.05) is 13.8 Å². The lowest BCUT2D eigenvalue weighted by Gasteiger charge is -2.18. The molecule has 0 unspecified atom stereocenters. The molecule has 1 aromatic heterocycles. The summed E-state index contributed by atoms with van der Waals surface area (Å²) in [7, 11) is -3.40. The van der Waals surface area contributed by atoms with E-state index in [0.29, 0.717) is 25.5 Å². The van der Waals surface area contributed by atoms with Crippen LogP contribution in [0, 0.1) is 0 Å². The zero-order chi connectivity index (χ0) is 13.6. The summed E-state index contributed by atoms with van der Waals surface area (Å²) in [4.78, 5) is 0.257. The highest BCUT2D eigenvalue weighted by Gasteiger charge is 2.23. The van der Waals surface area contributed by atoms with E-state index in [-0.39, 0.29) is 4.90 Å². The first kappa shape index (κ1) is 15.5. The molecular formula is C11H20ClN3O2S. The first-order valence-electron chi connectivity index (χ1n) is 6.14. The maximum Gasteiger partial charge on any atom is 0.246 e. The monoisotopic (exact) mass is 293 g/mol. The van der Waals surface area contributed by atoms with E-state index in [1.807, 2.05) is 13.8 Å². The number of halogens is 1. The van der Waals surface area contributed by atoms with E-state index in [0.717, 1.165) is 12.8 Å². The summed E-state index contributed by atoms with van der Waals surface area (Å²) in [5.74, 6) is 0.541. The molecule has 104 valence electrons. The lowest BCUT2D eigenvalue weighted by molar-refractivity contribution is 0.427. The number of sulfonamides is 1. The van der Waals surface area contributed by atoms with Gasteiger partial charge in [0.2, 0.25) is 10.0 Å². The third-order valence-electron chi connectivity index (χ3n) is 2.59. The molecule has 0 aliphatic carbocycles. The average molecular weight is 294 g/mol.